The van der Waals surface area contributed by atoms with Crippen LogP contribution in [0.5, 0.6) is 92.0 Å². The monoisotopic (exact) mass is 1630 g/mol. The fourth-order valence-corrected chi connectivity index (χ4v) is 38.2. The molecule has 0 atom stereocenters. The maximum absolute atomic E-state index is 9.45. The van der Waals surface area contributed by atoms with Gasteiger partial charge in [0.15, 0.2) is 86.0 Å². The van der Waals surface area contributed by atoms with Crippen molar-refractivity contribution >= 4 is 82.0 Å². The molecule has 0 radical (unpaired) electrons. The van der Waals surface area contributed by atoms with Gasteiger partial charge in [-0.1, -0.05) is 83.1 Å². The zero-order valence-electron chi connectivity index (χ0n) is 67.3. The number of hydrogen-bond donors (Lipinski definition) is 0. The van der Waals surface area contributed by atoms with Gasteiger partial charge in [0.05, 0.1) is 49.6 Å². The summed E-state index contributed by atoms with van der Waals surface area (Å²) in [6.45, 7) is 27.4. The molecule has 10 aromatic heterocycles. The lowest BCUT2D eigenvalue weighted by Gasteiger charge is -2.53. The Bertz CT molecular complexity index is 6050. The molecule has 0 saturated heterocycles. The fourth-order valence-electron chi connectivity index (χ4n) is 16.9. The van der Waals surface area contributed by atoms with E-state index >= 15 is 0 Å². The number of fused-ring (bicyclic) bond motifs is 14. The molecule has 26 nitrogen and oxygen atoms in total. The highest BCUT2D eigenvalue weighted by molar-refractivity contribution is 6.92. The van der Waals surface area contributed by atoms with Crippen molar-refractivity contribution < 1.29 is 46.1 Å². The molecule has 4 aromatic carbocycles. The van der Waals surface area contributed by atoms with Crippen molar-refractivity contribution in [3.05, 3.63) is 278 Å². The molecule has 0 amide bonds. The molecule has 18 rings (SSSR count). The van der Waals surface area contributed by atoms with Crippen LogP contribution in [0.1, 0.15) is 105 Å². The van der Waals surface area contributed by atoms with Crippen molar-refractivity contribution in [3.63, 3.8) is 0 Å². The van der Waals surface area contributed by atoms with E-state index in [4.69, 9.17) is 67.8 Å². The molecule has 29 heteroatoms. The lowest BCUT2D eigenvalue weighted by Crippen LogP contribution is -2.74. The highest BCUT2D eigenvalue weighted by Crippen LogP contribution is 2.56. The second-order valence-corrected chi connectivity index (χ2v) is 45.0. The molecule has 119 heavy (non-hydrogen) atoms. The minimum atomic E-state index is -5.36. The third-order valence-electron chi connectivity index (χ3n) is 21.9. The minimum absolute atomic E-state index is 0.118. The van der Waals surface area contributed by atoms with Crippen LogP contribution in [0.15, 0.2) is 275 Å². The Hall–Kier alpha value is -13.6. The summed E-state index contributed by atoms with van der Waals surface area (Å²) in [5.41, 5.74) is 1.92. The zero-order valence-corrected chi connectivity index (χ0v) is 70.3. The van der Waals surface area contributed by atoms with Crippen molar-refractivity contribution in [2.75, 3.05) is 0 Å². The SMILES string of the molecule is CC(C)[Si](O[Si]1(O[Si](C(C)C)(C(C)C)C(C)C)n2c3c4cc(Oc5cccnc5)c(Oc5cccnc5)cc4c2N=C2N=C(N=c4c5cc(Oc6cccnc6)c(Oc6cccnc6)cc5c(n41)=NC1=NC(=N3)c3cc(Oc4cccnc4)c(Oc4cccnc4)cc31)c1cc(Oc3cccnc3)c(Oc3cccnc3)cc12)(C(C)C)C(C)C. The van der Waals surface area contributed by atoms with Crippen LogP contribution >= 0.6 is 0 Å². The molecule has 14 aromatic rings. The van der Waals surface area contributed by atoms with Gasteiger partial charge in [-0.3, -0.25) is 48.3 Å². The van der Waals surface area contributed by atoms with Crippen LogP contribution in [-0.2, 0) is 8.23 Å². The van der Waals surface area contributed by atoms with Crippen molar-refractivity contribution in [2.45, 2.75) is 116 Å². The number of benzene rings is 4. The van der Waals surface area contributed by atoms with Gasteiger partial charge in [0.1, 0.15) is 68.6 Å². The summed E-state index contributed by atoms with van der Waals surface area (Å²) in [6.07, 6.45) is 26.6. The van der Waals surface area contributed by atoms with E-state index in [-0.39, 0.29) is 79.6 Å². The standard InChI is InChI=1S/C90H82N16O10Si3/c1-53(2)117(54(3)4,55(5)6)115-119(116-118(56(7)8,57(9)10)58(11)12)105-87-71-41-79(111-63-25-17-33-95-49-63)80(112-64-26-18-34-96-50-64)42-72(71)89(105)103-85-69-39-77(109-61-23-15-31-93-47-61)78(110-62-24-16-32-94-48-62)40-70(69)86(100-85)104-90-74-44-82(114-66-28-20-36-98-52-66)81(113-65-27-19-35-97-51-65)43-73(74)88(106(90)119)102-84-68-38-76(108-60-22-14-30-92-46-60)75(37-67(68)83(99-84)101-87)107-59-21-13-29-91-45-59/h13-58H,1-12H3. The first-order valence-electron chi connectivity index (χ1n) is 39.5. The summed E-state index contributed by atoms with van der Waals surface area (Å²) in [5.74, 6) is 7.10. The van der Waals surface area contributed by atoms with Crippen molar-refractivity contribution in [3.8, 4) is 92.0 Å². The van der Waals surface area contributed by atoms with Crippen LogP contribution < -0.4 is 48.9 Å². The van der Waals surface area contributed by atoms with E-state index in [0.717, 1.165) is 0 Å². The quantitative estimate of drug-likeness (QED) is 0.0455. The highest BCUT2D eigenvalue weighted by atomic mass is 28.5. The molecule has 0 aliphatic carbocycles. The maximum atomic E-state index is 9.45. The van der Waals surface area contributed by atoms with E-state index in [9.17, 15) is 8.23 Å². The predicted octanol–water partition coefficient (Wildman–Crippen LogP) is 21.3. The third kappa shape index (κ3) is 14.1. The first-order valence-corrected chi connectivity index (χ1v) is 45.5. The molecule has 6 bridgehead atoms. The first-order chi connectivity index (χ1) is 57.8. The first kappa shape index (κ1) is 76.7. The Labute approximate surface area is 688 Å². The van der Waals surface area contributed by atoms with Crippen LogP contribution in [0.3, 0.4) is 0 Å². The Balaban J connectivity index is 1.10. The van der Waals surface area contributed by atoms with Gasteiger partial charge in [-0.25, -0.2) is 30.0 Å². The van der Waals surface area contributed by atoms with Crippen LogP contribution in [0.25, 0.3) is 21.5 Å². The summed E-state index contributed by atoms with van der Waals surface area (Å²) in [6, 6.07) is 44.3. The molecule has 4 aliphatic rings. The van der Waals surface area contributed by atoms with Gasteiger partial charge in [0.2, 0.25) is 0 Å². The van der Waals surface area contributed by atoms with E-state index in [2.05, 4.69) is 131 Å². The normalized spacial score (nSPS) is 13.8. The van der Waals surface area contributed by atoms with Gasteiger partial charge < -0.3 is 46.1 Å². The Kier molecular flexibility index (Phi) is 20.3. The van der Waals surface area contributed by atoms with Gasteiger partial charge in [-0.2, -0.15) is 0 Å². The van der Waals surface area contributed by atoms with E-state index in [1.807, 2.05) is 121 Å². The Morgan fingerprint density at radius 1 is 0.252 bits per heavy atom. The van der Waals surface area contributed by atoms with E-state index in [0.29, 0.717) is 135 Å². The number of aromatic nitrogens is 10. The third-order valence-corrected chi connectivity index (χ3v) is 39.6. The minimum Gasteiger partial charge on any atom is -0.452 e. The number of nitrogens with zero attached hydrogens (tertiary/aromatic N) is 16. The lowest BCUT2D eigenvalue weighted by molar-refractivity contribution is 0.300. The average Bonchev–Trinajstić information content (AvgIpc) is 1.52. The summed E-state index contributed by atoms with van der Waals surface area (Å²) in [7, 11) is -12.5. The van der Waals surface area contributed by atoms with Crippen LogP contribution in [-0.4, -0.2) is 97.2 Å². The molecule has 14 heterocycles. The van der Waals surface area contributed by atoms with E-state index < -0.39 is 25.5 Å². The van der Waals surface area contributed by atoms with E-state index in [1.165, 1.54) is 0 Å². The molecule has 4 aliphatic heterocycles. The topological polar surface area (TPSA) is 279 Å². The van der Waals surface area contributed by atoms with Gasteiger partial charge in [-0.15, -0.1) is 0 Å². The number of rotatable bonds is 26. The molecule has 0 spiro atoms. The predicted molar refractivity (Wildman–Crippen MR) is 460 cm³/mol. The number of amidine groups is 4. The fraction of sp³-hybridized carbons (Fsp3) is 0.200. The summed E-state index contributed by atoms with van der Waals surface area (Å²) >= 11 is 0. The van der Waals surface area contributed by atoms with Gasteiger partial charge >= 0.3 is 8.88 Å². The summed E-state index contributed by atoms with van der Waals surface area (Å²) < 4.78 is 79.5. The van der Waals surface area contributed by atoms with Crippen molar-refractivity contribution in [1.82, 2.24) is 48.3 Å². The van der Waals surface area contributed by atoms with Gasteiger partial charge in [0, 0.05) is 93.4 Å². The maximum Gasteiger partial charge on any atom is 0.582 e. The Morgan fingerprint density at radius 2 is 0.462 bits per heavy atom. The van der Waals surface area contributed by atoms with Gasteiger partial charge in [0.25, 0.3) is 0 Å². The van der Waals surface area contributed by atoms with Gasteiger partial charge in [-0.05, 0) is 179 Å². The zero-order chi connectivity index (χ0) is 81.8. The molecule has 594 valence electrons. The molecular weight excluding hydrogens is 1550 g/mol. The summed E-state index contributed by atoms with van der Waals surface area (Å²) in [4.78, 5) is 72.1. The highest BCUT2D eigenvalue weighted by Gasteiger charge is 2.65. The number of hydrogen-bond acceptors (Lipinski definition) is 24. The molecule has 0 N–H and O–H groups in total. The number of ether oxygens (including phenoxy) is 8. The van der Waals surface area contributed by atoms with Crippen LogP contribution in [0.2, 0.25) is 33.2 Å². The second kappa shape index (κ2) is 31.5. The summed E-state index contributed by atoms with van der Waals surface area (Å²) in [5, 5.41) is 2.00. The van der Waals surface area contributed by atoms with Crippen LogP contribution in [0.4, 0.5) is 11.6 Å². The van der Waals surface area contributed by atoms with E-state index in [1.54, 1.807) is 123 Å². The second-order valence-electron chi connectivity index (χ2n) is 31.0. The van der Waals surface area contributed by atoms with Crippen molar-refractivity contribution in [2.24, 2.45) is 30.0 Å². The largest absolute Gasteiger partial charge is 0.582 e. The molecule has 0 unspecified atom stereocenters. The lowest BCUT2D eigenvalue weighted by atomic mass is 10.1. The smallest absolute Gasteiger partial charge is 0.452 e. The molecule has 0 fully saturated rings. The van der Waals surface area contributed by atoms with Crippen molar-refractivity contribution in [1.29, 1.82) is 0 Å². The van der Waals surface area contributed by atoms with Crippen LogP contribution in [0, 0.1) is 0 Å². The molecular formula is C90H82N16O10Si3. The Morgan fingerprint density at radius 3 is 0.672 bits per heavy atom. The molecule has 0 saturated carbocycles. The number of pyridine rings is 8. The average molecular weight is 1630 g/mol. The number of aliphatic imine (C=N–C) groups is 4.